The van der Waals surface area contributed by atoms with Gasteiger partial charge in [0, 0.05) is 43.1 Å². The van der Waals surface area contributed by atoms with Gasteiger partial charge in [-0.3, -0.25) is 14.6 Å². The van der Waals surface area contributed by atoms with Crippen LogP contribution < -0.4 is 21.7 Å². The van der Waals surface area contributed by atoms with E-state index in [2.05, 4.69) is 20.9 Å². The van der Waals surface area contributed by atoms with Crippen molar-refractivity contribution in [2.45, 2.75) is 97.6 Å². The summed E-state index contributed by atoms with van der Waals surface area (Å²) in [5.41, 5.74) is 9.81. The molecule has 13 heteroatoms. The third-order valence-corrected chi connectivity index (χ3v) is 10.9. The monoisotopic (exact) mass is 819 g/mol. The number of anilines is 1. The van der Waals surface area contributed by atoms with Gasteiger partial charge in [-0.1, -0.05) is 120 Å². The molecule has 1 aliphatic heterocycles. The van der Waals surface area contributed by atoms with Crippen molar-refractivity contribution in [2.24, 2.45) is 10.8 Å². The molecule has 3 aromatic carbocycles. The predicted molar refractivity (Wildman–Crippen MR) is 233 cm³/mol. The Morgan fingerprint density at radius 1 is 0.783 bits per heavy atom. The molecule has 1 aliphatic rings. The van der Waals surface area contributed by atoms with E-state index in [4.69, 9.17) is 10.5 Å². The van der Waals surface area contributed by atoms with E-state index in [1.54, 1.807) is 22.1 Å². The van der Waals surface area contributed by atoms with Crippen LogP contribution in [0.25, 0.3) is 11.3 Å². The van der Waals surface area contributed by atoms with Gasteiger partial charge in [-0.05, 0) is 65.0 Å². The second kappa shape index (κ2) is 19.9. The first-order chi connectivity index (χ1) is 28.4. The van der Waals surface area contributed by atoms with E-state index in [9.17, 15) is 24.3 Å². The van der Waals surface area contributed by atoms with Crippen LogP contribution in [-0.2, 0) is 33.7 Å². The van der Waals surface area contributed by atoms with E-state index in [1.165, 1.54) is 7.11 Å². The fraction of sp³-hybridized carbons (Fsp3) is 0.426. The first-order valence-electron chi connectivity index (χ1n) is 20.5. The Labute approximate surface area is 354 Å². The van der Waals surface area contributed by atoms with Crippen molar-refractivity contribution in [3.8, 4) is 11.3 Å². The summed E-state index contributed by atoms with van der Waals surface area (Å²) in [6.07, 6.45) is 0.512. The average molecular weight is 820 g/mol. The van der Waals surface area contributed by atoms with E-state index < -0.39 is 59.0 Å². The fourth-order valence-electron chi connectivity index (χ4n) is 7.70. The SMILES string of the molecule is COC(=O)NC(C(=O)N[C@@H](Cc1ccc(-c2ccccn2)cc1)C[C@H](O)[C@H](Cc1ccccc1)NC(=O)C(N1CCN(Cc2ccccc2N)C1=O)C(C)(C)C)C(C)(C)C. The van der Waals surface area contributed by atoms with E-state index >= 15 is 0 Å². The molecule has 0 radical (unpaired) electrons. The normalized spacial score (nSPS) is 15.7. The maximum atomic E-state index is 14.6. The van der Waals surface area contributed by atoms with Crippen molar-refractivity contribution >= 4 is 29.6 Å². The van der Waals surface area contributed by atoms with Gasteiger partial charge in [-0.25, -0.2) is 9.59 Å². The van der Waals surface area contributed by atoms with Crippen LogP contribution in [0.3, 0.4) is 0 Å². The lowest BCUT2D eigenvalue weighted by Gasteiger charge is -2.38. The predicted octanol–water partition coefficient (Wildman–Crippen LogP) is 5.96. The summed E-state index contributed by atoms with van der Waals surface area (Å²) in [5, 5.41) is 21.2. The first-order valence-corrected chi connectivity index (χ1v) is 20.5. The Hall–Kier alpha value is -5.95. The third kappa shape index (κ3) is 12.1. The van der Waals surface area contributed by atoms with E-state index in [0.29, 0.717) is 31.7 Å². The van der Waals surface area contributed by atoms with Crippen LogP contribution in [0.1, 0.15) is 64.7 Å². The zero-order valence-electron chi connectivity index (χ0n) is 35.9. The molecule has 320 valence electrons. The van der Waals surface area contributed by atoms with E-state index in [0.717, 1.165) is 27.9 Å². The Morgan fingerprint density at radius 3 is 2.05 bits per heavy atom. The van der Waals surface area contributed by atoms with Crippen molar-refractivity contribution in [3.05, 3.63) is 120 Å². The molecule has 1 aromatic heterocycles. The third-order valence-electron chi connectivity index (χ3n) is 10.9. The molecule has 13 nitrogen and oxygen atoms in total. The molecular weight excluding hydrogens is 759 g/mol. The summed E-state index contributed by atoms with van der Waals surface area (Å²) in [5.74, 6) is -0.835. The number of urea groups is 1. The van der Waals surface area contributed by atoms with Crippen LogP contribution in [-0.4, -0.2) is 94.3 Å². The Bertz CT molecular complexity index is 2050. The number of aliphatic hydroxyl groups excluding tert-OH is 1. The van der Waals surface area contributed by atoms with Crippen molar-refractivity contribution in [3.63, 3.8) is 0 Å². The number of alkyl carbamates (subject to hydrolysis) is 1. The number of hydrogen-bond donors (Lipinski definition) is 5. The maximum absolute atomic E-state index is 14.6. The van der Waals surface area contributed by atoms with Crippen molar-refractivity contribution in [2.75, 3.05) is 25.9 Å². The van der Waals surface area contributed by atoms with Gasteiger partial charge in [0.2, 0.25) is 11.8 Å². The van der Waals surface area contributed by atoms with Crippen molar-refractivity contribution < 1.29 is 29.0 Å². The lowest BCUT2D eigenvalue weighted by Crippen LogP contribution is -2.59. The summed E-state index contributed by atoms with van der Waals surface area (Å²) in [6.45, 7) is 12.4. The Kier molecular flexibility index (Phi) is 14.9. The smallest absolute Gasteiger partial charge is 0.407 e. The minimum absolute atomic E-state index is 0.0513. The zero-order valence-corrected chi connectivity index (χ0v) is 35.9. The lowest BCUT2D eigenvalue weighted by atomic mass is 9.84. The molecule has 0 spiro atoms. The zero-order chi connectivity index (χ0) is 43.6. The highest BCUT2D eigenvalue weighted by atomic mass is 16.5. The number of para-hydroxylation sites is 1. The molecule has 1 saturated heterocycles. The molecule has 0 bridgehead atoms. The quantitative estimate of drug-likeness (QED) is 0.0860. The van der Waals surface area contributed by atoms with Crippen LogP contribution in [0, 0.1) is 10.8 Å². The summed E-state index contributed by atoms with van der Waals surface area (Å²) < 4.78 is 4.84. The largest absolute Gasteiger partial charge is 0.453 e. The van der Waals surface area contributed by atoms with Gasteiger partial charge in [0.05, 0.1) is 24.9 Å². The van der Waals surface area contributed by atoms with E-state index in [1.807, 2.05) is 133 Å². The second-order valence-electron chi connectivity index (χ2n) is 17.7. The minimum Gasteiger partial charge on any atom is -0.453 e. The van der Waals surface area contributed by atoms with Crippen LogP contribution in [0.2, 0.25) is 0 Å². The van der Waals surface area contributed by atoms with Gasteiger partial charge >= 0.3 is 12.1 Å². The van der Waals surface area contributed by atoms with Crippen LogP contribution in [0.5, 0.6) is 0 Å². The number of amides is 5. The number of rotatable bonds is 16. The number of carbonyl (C=O) groups excluding carboxylic acids is 4. The minimum atomic E-state index is -1.15. The highest BCUT2D eigenvalue weighted by molar-refractivity contribution is 5.89. The maximum Gasteiger partial charge on any atom is 0.407 e. The number of ether oxygens (including phenoxy) is 1. The number of aliphatic hydroxyl groups is 1. The van der Waals surface area contributed by atoms with Gasteiger partial charge < -0.3 is 41.3 Å². The number of nitrogen functional groups attached to an aromatic ring is 1. The summed E-state index contributed by atoms with van der Waals surface area (Å²) in [7, 11) is 1.24. The molecule has 1 fully saturated rings. The Balaban J connectivity index is 1.42. The number of benzene rings is 3. The number of methoxy groups -OCH3 is 1. The number of nitrogens with one attached hydrogen (secondary N) is 3. The van der Waals surface area contributed by atoms with Crippen molar-refractivity contribution in [1.29, 1.82) is 0 Å². The molecule has 2 heterocycles. The van der Waals surface area contributed by atoms with Gasteiger partial charge in [-0.2, -0.15) is 0 Å². The molecule has 2 unspecified atom stereocenters. The topological polar surface area (TPSA) is 179 Å². The van der Waals surface area contributed by atoms with Gasteiger partial charge in [0.1, 0.15) is 12.1 Å². The fourth-order valence-corrected chi connectivity index (χ4v) is 7.70. The van der Waals surface area contributed by atoms with Gasteiger partial charge in [-0.15, -0.1) is 0 Å². The van der Waals surface area contributed by atoms with Gasteiger partial charge in [0.25, 0.3) is 0 Å². The number of hydrogen-bond acceptors (Lipinski definition) is 8. The molecule has 5 rings (SSSR count). The van der Waals surface area contributed by atoms with Gasteiger partial charge in [0.15, 0.2) is 0 Å². The number of nitrogens with two attached hydrogens (primary N) is 1. The molecular formula is C47H61N7O6. The second-order valence-corrected chi connectivity index (χ2v) is 17.7. The molecule has 4 aromatic rings. The van der Waals surface area contributed by atoms with Crippen LogP contribution in [0.4, 0.5) is 15.3 Å². The number of pyridine rings is 1. The lowest BCUT2D eigenvalue weighted by molar-refractivity contribution is -0.131. The average Bonchev–Trinajstić information content (AvgIpc) is 3.55. The number of aromatic nitrogens is 1. The molecule has 6 N–H and O–H groups in total. The standard InChI is InChI=1S/C47H61N7O6/c1-46(2,3)40(52-44(58)60-7)42(56)50-35(27-32-20-22-33(23-21-32)37-19-13-14-24-49-37)29-39(55)38(28-31-15-9-8-10-16-31)51-43(57)41(47(4,5)6)54-26-25-53(45(54)59)30-34-17-11-12-18-36(34)48/h8-24,35,38-41,55H,25-30,48H2,1-7H3,(H,50,56)(H,51,57)(H,52,58)/t35-,38-,39-,40?,41?/m0/s1. The summed E-state index contributed by atoms with van der Waals surface area (Å²) in [6, 6.07) is 27.0. The molecule has 5 amide bonds. The molecule has 60 heavy (non-hydrogen) atoms. The molecule has 5 atom stereocenters. The number of carbonyl (C=O) groups is 4. The van der Waals surface area contributed by atoms with Crippen LogP contribution in [0.15, 0.2) is 103 Å². The summed E-state index contributed by atoms with van der Waals surface area (Å²) >= 11 is 0. The highest BCUT2D eigenvalue weighted by Gasteiger charge is 2.44. The first kappa shape index (κ1) is 45.1. The van der Waals surface area contributed by atoms with Crippen molar-refractivity contribution in [1.82, 2.24) is 30.7 Å². The Morgan fingerprint density at radius 2 is 1.43 bits per heavy atom. The van der Waals surface area contributed by atoms with Crippen LogP contribution >= 0.6 is 0 Å². The molecule has 0 aliphatic carbocycles. The number of nitrogens with zero attached hydrogens (tertiary/aromatic N) is 3. The highest BCUT2D eigenvalue weighted by Crippen LogP contribution is 2.30. The molecule has 0 saturated carbocycles. The summed E-state index contributed by atoms with van der Waals surface area (Å²) in [4.78, 5) is 62.7. The van der Waals surface area contributed by atoms with E-state index in [-0.39, 0.29) is 18.9 Å².